The van der Waals surface area contributed by atoms with Gasteiger partial charge < -0.3 is 4.74 Å². The Balaban J connectivity index is 1.59. The molecule has 26 heavy (non-hydrogen) atoms. The third kappa shape index (κ3) is 5.19. The van der Waals surface area contributed by atoms with Gasteiger partial charge in [-0.05, 0) is 23.8 Å². The third-order valence-corrected chi connectivity index (χ3v) is 6.30. The molecule has 1 aliphatic heterocycles. The largest absolute Gasteiger partial charge is 0.374 e. The van der Waals surface area contributed by atoms with Gasteiger partial charge in [-0.2, -0.15) is 0 Å². The van der Waals surface area contributed by atoms with Gasteiger partial charge in [-0.15, -0.1) is 0 Å². The van der Waals surface area contributed by atoms with Crippen LogP contribution in [0.25, 0.3) is 0 Å². The summed E-state index contributed by atoms with van der Waals surface area (Å²) in [5.41, 5.74) is 1.22. The molecular weight excluding hydrogens is 395 g/mol. The van der Waals surface area contributed by atoms with Crippen molar-refractivity contribution < 1.29 is 13.2 Å². The predicted molar refractivity (Wildman–Crippen MR) is 103 cm³/mol. The number of hydrogen-bond acceptors (Lipinski definition) is 4. The number of benzene rings is 2. The second-order valence-electron chi connectivity index (χ2n) is 6.14. The van der Waals surface area contributed by atoms with E-state index >= 15 is 0 Å². The highest BCUT2D eigenvalue weighted by molar-refractivity contribution is 7.89. The minimum absolute atomic E-state index is 0.0244. The van der Waals surface area contributed by atoms with Gasteiger partial charge in [0.05, 0.1) is 17.7 Å². The molecule has 1 aliphatic rings. The van der Waals surface area contributed by atoms with Crippen LogP contribution in [0.2, 0.25) is 10.0 Å². The first-order valence-electron chi connectivity index (χ1n) is 8.26. The van der Waals surface area contributed by atoms with E-state index in [4.69, 9.17) is 27.9 Å². The number of nitrogens with zero attached hydrogens (tertiary/aromatic N) is 1. The van der Waals surface area contributed by atoms with Gasteiger partial charge in [0, 0.05) is 31.2 Å². The SMILES string of the molecule is O=S(=O)(NCC1CN(Cc2ccccc2)CCO1)c1cc(Cl)ccc1Cl. The van der Waals surface area contributed by atoms with Crippen LogP contribution in [0.15, 0.2) is 53.4 Å². The lowest BCUT2D eigenvalue weighted by Crippen LogP contribution is -2.47. The highest BCUT2D eigenvalue weighted by Gasteiger charge is 2.24. The number of sulfonamides is 1. The van der Waals surface area contributed by atoms with Crippen LogP contribution in [-0.2, 0) is 21.3 Å². The standard InChI is InChI=1S/C18H20Cl2N2O3S/c19-15-6-7-17(20)18(10-15)26(23,24)21-11-16-13-22(8-9-25-16)12-14-4-2-1-3-5-14/h1-7,10,16,21H,8-9,11-13H2. The van der Waals surface area contributed by atoms with E-state index in [0.717, 1.165) is 13.1 Å². The molecular formula is C18H20Cl2N2O3S. The van der Waals surface area contributed by atoms with Crippen LogP contribution in [-0.4, -0.2) is 45.7 Å². The molecule has 0 spiro atoms. The van der Waals surface area contributed by atoms with Crippen molar-refractivity contribution in [3.63, 3.8) is 0 Å². The molecule has 2 aromatic rings. The van der Waals surface area contributed by atoms with E-state index in [9.17, 15) is 8.42 Å². The van der Waals surface area contributed by atoms with E-state index in [1.54, 1.807) is 6.07 Å². The average molecular weight is 415 g/mol. The van der Waals surface area contributed by atoms with E-state index in [1.165, 1.54) is 17.7 Å². The fourth-order valence-corrected chi connectivity index (χ4v) is 4.68. The maximum Gasteiger partial charge on any atom is 0.242 e. The smallest absolute Gasteiger partial charge is 0.242 e. The first kappa shape index (κ1) is 19.6. The van der Waals surface area contributed by atoms with Gasteiger partial charge in [-0.25, -0.2) is 13.1 Å². The van der Waals surface area contributed by atoms with E-state index in [2.05, 4.69) is 21.8 Å². The van der Waals surface area contributed by atoms with Crippen molar-refractivity contribution in [2.24, 2.45) is 0 Å². The molecule has 0 aliphatic carbocycles. The summed E-state index contributed by atoms with van der Waals surface area (Å²) in [7, 11) is -3.75. The highest BCUT2D eigenvalue weighted by atomic mass is 35.5. The zero-order valence-electron chi connectivity index (χ0n) is 14.1. The second-order valence-corrected chi connectivity index (χ2v) is 8.72. The lowest BCUT2D eigenvalue weighted by Gasteiger charge is -2.33. The molecule has 1 fully saturated rings. The van der Waals surface area contributed by atoms with Crippen LogP contribution in [0.5, 0.6) is 0 Å². The van der Waals surface area contributed by atoms with Gasteiger partial charge in [0.1, 0.15) is 4.90 Å². The minimum atomic E-state index is -3.75. The van der Waals surface area contributed by atoms with Gasteiger partial charge in [0.15, 0.2) is 0 Å². The molecule has 1 atom stereocenters. The van der Waals surface area contributed by atoms with Gasteiger partial charge in [0.2, 0.25) is 10.0 Å². The third-order valence-electron chi connectivity index (χ3n) is 4.16. The van der Waals surface area contributed by atoms with Crippen molar-refractivity contribution in [2.45, 2.75) is 17.5 Å². The summed E-state index contributed by atoms with van der Waals surface area (Å²) >= 11 is 11.9. The fraction of sp³-hybridized carbons (Fsp3) is 0.333. The molecule has 8 heteroatoms. The summed E-state index contributed by atoms with van der Waals surface area (Å²) < 4.78 is 33.3. The molecule has 1 heterocycles. The molecule has 5 nitrogen and oxygen atoms in total. The quantitative estimate of drug-likeness (QED) is 0.788. The average Bonchev–Trinajstić information content (AvgIpc) is 2.63. The second kappa shape index (κ2) is 8.69. The summed E-state index contributed by atoms with van der Waals surface area (Å²) in [6, 6.07) is 14.5. The molecule has 0 saturated carbocycles. The molecule has 0 aromatic heterocycles. The van der Waals surface area contributed by atoms with Crippen molar-refractivity contribution >= 4 is 33.2 Å². The summed E-state index contributed by atoms with van der Waals surface area (Å²) in [5, 5.41) is 0.454. The maximum atomic E-state index is 12.5. The molecule has 0 bridgehead atoms. The lowest BCUT2D eigenvalue weighted by molar-refractivity contribution is -0.0276. The number of halogens is 2. The van der Waals surface area contributed by atoms with E-state index in [-0.39, 0.29) is 22.6 Å². The van der Waals surface area contributed by atoms with E-state index in [1.807, 2.05) is 18.2 Å². The van der Waals surface area contributed by atoms with Crippen molar-refractivity contribution in [1.29, 1.82) is 0 Å². The van der Waals surface area contributed by atoms with Crippen LogP contribution in [0, 0.1) is 0 Å². The summed E-state index contributed by atoms with van der Waals surface area (Å²) in [6.45, 7) is 3.03. The van der Waals surface area contributed by atoms with Crippen LogP contribution in [0.3, 0.4) is 0 Å². The molecule has 1 unspecified atom stereocenters. The Labute approximate surface area is 163 Å². The minimum Gasteiger partial charge on any atom is -0.374 e. The Bertz CT molecular complexity index is 847. The van der Waals surface area contributed by atoms with Crippen molar-refractivity contribution in [3.8, 4) is 0 Å². The maximum absolute atomic E-state index is 12.5. The molecule has 1 N–H and O–H groups in total. The van der Waals surface area contributed by atoms with E-state index in [0.29, 0.717) is 18.2 Å². The van der Waals surface area contributed by atoms with Gasteiger partial charge in [-0.3, -0.25) is 4.90 Å². The Morgan fingerprint density at radius 3 is 2.69 bits per heavy atom. The normalized spacial score (nSPS) is 18.8. The molecule has 0 radical (unpaired) electrons. The number of rotatable bonds is 6. The molecule has 1 saturated heterocycles. The topological polar surface area (TPSA) is 58.6 Å². The van der Waals surface area contributed by atoms with Crippen molar-refractivity contribution in [2.75, 3.05) is 26.2 Å². The first-order valence-corrected chi connectivity index (χ1v) is 10.5. The zero-order valence-corrected chi connectivity index (χ0v) is 16.4. The number of morpholine rings is 1. The fourth-order valence-electron chi connectivity index (χ4n) is 2.85. The van der Waals surface area contributed by atoms with Crippen LogP contribution < -0.4 is 4.72 Å². The van der Waals surface area contributed by atoms with Crippen LogP contribution >= 0.6 is 23.2 Å². The zero-order chi connectivity index (χ0) is 18.6. The summed E-state index contributed by atoms with van der Waals surface area (Å²) in [4.78, 5) is 2.23. The predicted octanol–water partition coefficient (Wildman–Crippen LogP) is 3.17. The molecule has 2 aromatic carbocycles. The van der Waals surface area contributed by atoms with Gasteiger partial charge >= 0.3 is 0 Å². The highest BCUT2D eigenvalue weighted by Crippen LogP contribution is 2.24. The first-order chi connectivity index (χ1) is 12.4. The Kier molecular flexibility index (Phi) is 6.55. The van der Waals surface area contributed by atoms with Crippen LogP contribution in [0.1, 0.15) is 5.56 Å². The van der Waals surface area contributed by atoms with Gasteiger partial charge in [0.25, 0.3) is 0 Å². The van der Waals surface area contributed by atoms with Crippen LogP contribution in [0.4, 0.5) is 0 Å². The summed E-state index contributed by atoms with van der Waals surface area (Å²) in [5.74, 6) is 0. The summed E-state index contributed by atoms with van der Waals surface area (Å²) in [6.07, 6.45) is -0.222. The lowest BCUT2D eigenvalue weighted by atomic mass is 10.2. The van der Waals surface area contributed by atoms with Crippen molar-refractivity contribution in [3.05, 3.63) is 64.1 Å². The number of hydrogen-bond donors (Lipinski definition) is 1. The monoisotopic (exact) mass is 414 g/mol. The Hall–Kier alpha value is -1.15. The number of ether oxygens (including phenoxy) is 1. The Morgan fingerprint density at radius 2 is 1.92 bits per heavy atom. The molecule has 0 amide bonds. The van der Waals surface area contributed by atoms with E-state index < -0.39 is 10.0 Å². The van der Waals surface area contributed by atoms with Crippen molar-refractivity contribution in [1.82, 2.24) is 9.62 Å². The molecule has 140 valence electrons. The molecule has 3 rings (SSSR count). The Morgan fingerprint density at radius 1 is 1.15 bits per heavy atom. The van der Waals surface area contributed by atoms with Gasteiger partial charge in [-0.1, -0.05) is 53.5 Å². The number of nitrogens with one attached hydrogen (secondary N) is 1.